The first-order valence-electron chi connectivity index (χ1n) is 7.46. The molecule has 0 bridgehead atoms. The monoisotopic (exact) mass is 313 g/mol. The van der Waals surface area contributed by atoms with E-state index in [-0.39, 0.29) is 5.82 Å². The van der Waals surface area contributed by atoms with E-state index in [1.165, 1.54) is 6.07 Å². The van der Waals surface area contributed by atoms with Gasteiger partial charge in [0.15, 0.2) is 0 Å². The Morgan fingerprint density at radius 1 is 1.39 bits per heavy atom. The molecule has 0 amide bonds. The van der Waals surface area contributed by atoms with Crippen molar-refractivity contribution in [1.29, 1.82) is 0 Å². The van der Waals surface area contributed by atoms with Gasteiger partial charge < -0.3 is 10.0 Å². The van der Waals surface area contributed by atoms with Crippen LogP contribution in [0, 0.1) is 12.7 Å². The average Bonchev–Trinajstić information content (AvgIpc) is 3.18. The highest BCUT2D eigenvalue weighted by Crippen LogP contribution is 2.36. The molecular weight excluding hydrogens is 297 g/mol. The van der Waals surface area contributed by atoms with Gasteiger partial charge in [0, 0.05) is 29.7 Å². The van der Waals surface area contributed by atoms with Crippen molar-refractivity contribution in [3.63, 3.8) is 0 Å². The first-order valence-corrected chi connectivity index (χ1v) is 7.46. The van der Waals surface area contributed by atoms with E-state index in [1.807, 2.05) is 24.0 Å². The third-order valence-corrected chi connectivity index (χ3v) is 4.38. The molecule has 0 radical (unpaired) electrons. The number of hydrogen-bond donors (Lipinski definition) is 2. The van der Waals surface area contributed by atoms with Crippen LogP contribution in [0.4, 0.5) is 10.1 Å². The van der Waals surface area contributed by atoms with Crippen LogP contribution in [0.25, 0.3) is 10.9 Å². The zero-order valence-corrected chi connectivity index (χ0v) is 12.6. The second-order valence-electron chi connectivity index (χ2n) is 5.98. The number of nitrogens with zero attached hydrogens (tertiary/aromatic N) is 4. The van der Waals surface area contributed by atoms with Gasteiger partial charge in [0.2, 0.25) is 0 Å². The number of aromatic nitrogens is 4. The Bertz CT molecular complexity index is 866. The molecule has 3 aromatic rings. The molecule has 6 nitrogen and oxygen atoms in total. The maximum Gasteiger partial charge on any atom is 0.149 e. The maximum absolute atomic E-state index is 14.1. The van der Waals surface area contributed by atoms with Crippen molar-refractivity contribution in [2.24, 2.45) is 0 Å². The number of H-pyrrole nitrogens is 1. The highest BCUT2D eigenvalue weighted by Gasteiger charge is 2.40. The van der Waals surface area contributed by atoms with Gasteiger partial charge >= 0.3 is 0 Å². The van der Waals surface area contributed by atoms with E-state index in [4.69, 9.17) is 0 Å². The first kappa shape index (κ1) is 14.1. The Balaban J connectivity index is 1.78. The molecule has 1 aliphatic rings. The SMILES string of the molecule is Cc1cc(N2CC[C@@](O)(c3cn[nH]n3)C2)c2cccc(F)c2n1. The normalized spacial score (nSPS) is 21.3. The highest BCUT2D eigenvalue weighted by atomic mass is 19.1. The summed E-state index contributed by atoms with van der Waals surface area (Å²) in [5, 5.41) is 21.9. The zero-order valence-electron chi connectivity index (χ0n) is 12.6. The number of anilines is 1. The van der Waals surface area contributed by atoms with Crippen LogP contribution in [0.1, 0.15) is 17.8 Å². The molecule has 0 saturated carbocycles. The number of β-amino-alcohol motifs (C(OH)–C–C–N with tert-alkyl or cyclic N) is 1. The predicted octanol–water partition coefficient (Wildman–Crippen LogP) is 1.90. The molecule has 1 aliphatic heterocycles. The van der Waals surface area contributed by atoms with Crippen LogP contribution in [-0.2, 0) is 5.60 Å². The Labute approximate surface area is 132 Å². The summed E-state index contributed by atoms with van der Waals surface area (Å²) >= 11 is 0. The molecule has 1 saturated heterocycles. The summed E-state index contributed by atoms with van der Waals surface area (Å²) in [6.07, 6.45) is 2.08. The van der Waals surface area contributed by atoms with Crippen LogP contribution < -0.4 is 4.90 Å². The quantitative estimate of drug-likeness (QED) is 0.755. The summed E-state index contributed by atoms with van der Waals surface area (Å²) in [6, 6.07) is 6.87. The van der Waals surface area contributed by atoms with Crippen molar-refractivity contribution < 1.29 is 9.50 Å². The predicted molar refractivity (Wildman–Crippen MR) is 83.5 cm³/mol. The Kier molecular flexibility index (Phi) is 3.05. The molecule has 4 rings (SSSR count). The Morgan fingerprint density at radius 3 is 3.04 bits per heavy atom. The Hall–Kier alpha value is -2.54. The van der Waals surface area contributed by atoms with Crippen LogP contribution in [0.3, 0.4) is 0 Å². The third-order valence-electron chi connectivity index (χ3n) is 4.38. The topological polar surface area (TPSA) is 77.9 Å². The smallest absolute Gasteiger partial charge is 0.149 e. The highest BCUT2D eigenvalue weighted by molar-refractivity contribution is 5.92. The van der Waals surface area contributed by atoms with E-state index in [0.717, 1.165) is 16.8 Å². The van der Waals surface area contributed by atoms with E-state index in [2.05, 4.69) is 20.4 Å². The number of para-hydroxylation sites is 1. The van der Waals surface area contributed by atoms with E-state index >= 15 is 0 Å². The number of fused-ring (bicyclic) bond motifs is 1. The molecule has 2 aromatic heterocycles. The standard InChI is InChI=1S/C16H16FN5O/c1-10-7-13(11-3-2-4-12(17)15(11)19-10)22-6-5-16(23,9-22)14-8-18-21-20-14/h2-4,7-8,23H,5-6,9H2,1H3,(H,18,20,21)/t16-/m0/s1. The molecule has 1 aromatic carbocycles. The second-order valence-corrected chi connectivity index (χ2v) is 5.98. The number of benzene rings is 1. The molecule has 7 heteroatoms. The minimum Gasteiger partial charge on any atom is -0.381 e. The van der Waals surface area contributed by atoms with Gasteiger partial charge in [0.25, 0.3) is 0 Å². The molecule has 0 spiro atoms. The van der Waals surface area contributed by atoms with Crippen LogP contribution in [0.5, 0.6) is 0 Å². The molecule has 3 heterocycles. The van der Waals surface area contributed by atoms with Crippen LogP contribution in [0.2, 0.25) is 0 Å². The number of aryl methyl sites for hydroxylation is 1. The van der Waals surface area contributed by atoms with E-state index in [9.17, 15) is 9.50 Å². The third kappa shape index (κ3) is 2.24. The van der Waals surface area contributed by atoms with E-state index < -0.39 is 5.60 Å². The number of rotatable bonds is 2. The molecule has 1 fully saturated rings. The van der Waals surface area contributed by atoms with Crippen molar-refractivity contribution in [1.82, 2.24) is 20.4 Å². The summed E-state index contributed by atoms with van der Waals surface area (Å²) < 4.78 is 14.1. The average molecular weight is 313 g/mol. The number of aliphatic hydroxyl groups is 1. The lowest BCUT2D eigenvalue weighted by Gasteiger charge is -2.24. The number of pyridine rings is 1. The number of hydrogen-bond acceptors (Lipinski definition) is 5. The van der Waals surface area contributed by atoms with Gasteiger partial charge in [-0.1, -0.05) is 12.1 Å². The van der Waals surface area contributed by atoms with Gasteiger partial charge in [-0.2, -0.15) is 15.4 Å². The van der Waals surface area contributed by atoms with E-state index in [1.54, 1.807) is 12.3 Å². The molecule has 0 unspecified atom stereocenters. The molecule has 0 aliphatic carbocycles. The minimum atomic E-state index is -1.05. The van der Waals surface area contributed by atoms with Gasteiger partial charge in [-0.25, -0.2) is 9.37 Å². The minimum absolute atomic E-state index is 0.335. The van der Waals surface area contributed by atoms with Crippen molar-refractivity contribution in [3.8, 4) is 0 Å². The molecule has 2 N–H and O–H groups in total. The summed E-state index contributed by atoms with van der Waals surface area (Å²) in [7, 11) is 0. The molecular formula is C16H16FN5O. The lowest BCUT2D eigenvalue weighted by atomic mass is 10.00. The van der Waals surface area contributed by atoms with Gasteiger partial charge in [-0.3, -0.25) is 0 Å². The van der Waals surface area contributed by atoms with Crippen molar-refractivity contribution >= 4 is 16.6 Å². The van der Waals surface area contributed by atoms with Crippen LogP contribution >= 0.6 is 0 Å². The summed E-state index contributed by atoms with van der Waals surface area (Å²) in [5.41, 5.74) is 1.46. The lowest BCUT2D eigenvalue weighted by Crippen LogP contribution is -2.31. The van der Waals surface area contributed by atoms with E-state index in [0.29, 0.717) is 30.7 Å². The number of aromatic amines is 1. The summed E-state index contributed by atoms with van der Waals surface area (Å²) in [5.74, 6) is -0.335. The molecule has 1 atom stereocenters. The fourth-order valence-corrected chi connectivity index (χ4v) is 3.22. The number of nitrogens with one attached hydrogen (secondary N) is 1. The molecule has 23 heavy (non-hydrogen) atoms. The van der Waals surface area contributed by atoms with Gasteiger partial charge in [0.05, 0.1) is 12.7 Å². The summed E-state index contributed by atoms with van der Waals surface area (Å²) in [4.78, 5) is 6.35. The first-order chi connectivity index (χ1) is 11.1. The lowest BCUT2D eigenvalue weighted by molar-refractivity contribution is 0.0560. The van der Waals surface area contributed by atoms with Gasteiger partial charge in [0.1, 0.15) is 22.6 Å². The molecule has 118 valence electrons. The zero-order chi connectivity index (χ0) is 16.0. The summed E-state index contributed by atoms with van der Waals surface area (Å²) in [6.45, 7) is 2.88. The fourth-order valence-electron chi connectivity index (χ4n) is 3.22. The fraction of sp³-hybridized carbons (Fsp3) is 0.312. The van der Waals surface area contributed by atoms with Crippen LogP contribution in [0.15, 0.2) is 30.5 Å². The second kappa shape index (κ2) is 4.99. The van der Waals surface area contributed by atoms with Gasteiger partial charge in [-0.15, -0.1) is 0 Å². The largest absolute Gasteiger partial charge is 0.381 e. The van der Waals surface area contributed by atoms with Crippen molar-refractivity contribution in [2.75, 3.05) is 18.0 Å². The van der Waals surface area contributed by atoms with Crippen LogP contribution in [-0.4, -0.2) is 38.6 Å². The Morgan fingerprint density at radius 2 is 2.26 bits per heavy atom. The number of halogens is 1. The van der Waals surface area contributed by atoms with Crippen molar-refractivity contribution in [2.45, 2.75) is 18.9 Å². The van der Waals surface area contributed by atoms with Gasteiger partial charge in [-0.05, 0) is 19.1 Å². The maximum atomic E-state index is 14.1. The van der Waals surface area contributed by atoms with Crippen molar-refractivity contribution in [3.05, 3.63) is 47.7 Å².